The van der Waals surface area contributed by atoms with Crippen molar-refractivity contribution in [3.8, 4) is 0 Å². The monoisotopic (exact) mass is 277 g/mol. The topological polar surface area (TPSA) is 105 Å². The van der Waals surface area contributed by atoms with Gasteiger partial charge in [-0.2, -0.15) is 0 Å². The van der Waals surface area contributed by atoms with E-state index in [1.165, 1.54) is 0 Å². The van der Waals surface area contributed by atoms with Crippen LogP contribution in [0.5, 0.6) is 0 Å². The minimum Gasteiger partial charge on any atom is -0.409 e. The third kappa shape index (κ3) is 6.00. The Kier molecular flexibility index (Phi) is 8.36. The zero-order valence-corrected chi connectivity index (χ0v) is 12.0. The van der Waals surface area contributed by atoms with Crippen molar-refractivity contribution in [3.05, 3.63) is 0 Å². The van der Waals surface area contributed by atoms with E-state index >= 15 is 0 Å². The fraction of sp³-hybridized carbons (Fsp3) is 0.818. The summed E-state index contributed by atoms with van der Waals surface area (Å²) in [5, 5.41) is 14.3. The van der Waals surface area contributed by atoms with Crippen molar-refractivity contribution in [1.82, 2.24) is 5.32 Å². The molecule has 4 N–H and O–H groups in total. The lowest BCUT2D eigenvalue weighted by molar-refractivity contribution is -0.123. The molecule has 0 aromatic rings. The number of amides is 1. The first-order valence-electron chi connectivity index (χ1n) is 6.01. The van der Waals surface area contributed by atoms with Gasteiger partial charge in [-0.1, -0.05) is 25.4 Å². The van der Waals surface area contributed by atoms with Crippen LogP contribution in [0.1, 0.15) is 33.1 Å². The summed E-state index contributed by atoms with van der Waals surface area (Å²) in [5.41, 5.74) is 5.47. The normalized spacial score (nSPS) is 16.9. The van der Waals surface area contributed by atoms with Crippen LogP contribution in [0.2, 0.25) is 0 Å². The molecule has 0 spiro atoms. The Balaban J connectivity index is 4.23. The summed E-state index contributed by atoms with van der Waals surface area (Å²) in [6.45, 7) is 4.24. The molecule has 18 heavy (non-hydrogen) atoms. The Morgan fingerprint density at radius 1 is 1.50 bits per heavy atom. The van der Waals surface area contributed by atoms with Gasteiger partial charge in [0.25, 0.3) is 0 Å². The van der Waals surface area contributed by atoms with Gasteiger partial charge >= 0.3 is 0 Å². The molecule has 0 saturated carbocycles. The van der Waals surface area contributed by atoms with E-state index in [0.717, 1.165) is 6.42 Å². The van der Waals surface area contributed by atoms with Crippen LogP contribution in [0.25, 0.3) is 0 Å². The van der Waals surface area contributed by atoms with E-state index in [-0.39, 0.29) is 17.0 Å². The summed E-state index contributed by atoms with van der Waals surface area (Å²) in [5.74, 6) is -0.912. The molecule has 106 valence electrons. The Hall–Kier alpha value is -1.11. The molecule has 3 unspecified atom stereocenters. The van der Waals surface area contributed by atoms with Gasteiger partial charge in [-0.05, 0) is 12.8 Å². The number of carbonyl (C=O) groups is 1. The van der Waals surface area contributed by atoms with E-state index in [2.05, 4.69) is 10.5 Å². The molecule has 6 nitrogen and oxygen atoms in total. The predicted octanol–water partition coefficient (Wildman–Crippen LogP) is 0.422. The van der Waals surface area contributed by atoms with Gasteiger partial charge in [-0.3, -0.25) is 9.00 Å². The van der Waals surface area contributed by atoms with Gasteiger partial charge in [0.15, 0.2) is 5.84 Å². The van der Waals surface area contributed by atoms with Crippen molar-refractivity contribution in [2.24, 2.45) is 16.8 Å². The van der Waals surface area contributed by atoms with Gasteiger partial charge in [0.1, 0.15) is 0 Å². The largest absolute Gasteiger partial charge is 0.409 e. The van der Waals surface area contributed by atoms with Gasteiger partial charge in [-0.25, -0.2) is 0 Å². The van der Waals surface area contributed by atoms with E-state index in [1.54, 1.807) is 6.26 Å². The Bertz CT molecular complexity index is 321. The molecule has 0 radical (unpaired) electrons. The van der Waals surface area contributed by atoms with E-state index in [1.807, 2.05) is 13.8 Å². The zero-order valence-electron chi connectivity index (χ0n) is 11.2. The van der Waals surface area contributed by atoms with Gasteiger partial charge in [0.05, 0.1) is 5.92 Å². The average molecular weight is 277 g/mol. The second-order valence-corrected chi connectivity index (χ2v) is 6.06. The predicted molar refractivity (Wildman–Crippen MR) is 73.0 cm³/mol. The molecule has 1 amide bonds. The number of oxime groups is 1. The van der Waals surface area contributed by atoms with Crippen LogP contribution in [-0.2, 0) is 15.6 Å². The molecule has 0 heterocycles. The van der Waals surface area contributed by atoms with E-state index in [4.69, 9.17) is 10.9 Å². The number of rotatable bonds is 8. The maximum Gasteiger partial charge on any atom is 0.230 e. The lowest BCUT2D eigenvalue weighted by Gasteiger charge is -2.15. The number of amidine groups is 1. The fourth-order valence-electron chi connectivity index (χ4n) is 1.46. The van der Waals surface area contributed by atoms with Crippen molar-refractivity contribution < 1.29 is 14.2 Å². The average Bonchev–Trinajstić information content (AvgIpc) is 2.34. The van der Waals surface area contributed by atoms with Gasteiger partial charge in [0, 0.05) is 28.9 Å². The highest BCUT2D eigenvalue weighted by atomic mass is 32.2. The Morgan fingerprint density at radius 3 is 2.56 bits per heavy atom. The molecule has 7 heteroatoms. The van der Waals surface area contributed by atoms with Crippen LogP contribution in [0, 0.1) is 5.92 Å². The smallest absolute Gasteiger partial charge is 0.230 e. The second-order valence-electron chi connectivity index (χ2n) is 4.26. The first-order chi connectivity index (χ1) is 8.43. The Morgan fingerprint density at radius 2 is 2.11 bits per heavy atom. The molecule has 0 aromatic carbocycles. The van der Waals surface area contributed by atoms with Crippen LogP contribution in [0.15, 0.2) is 5.16 Å². The molecule has 0 saturated heterocycles. The fourth-order valence-corrected chi connectivity index (χ4v) is 1.91. The highest BCUT2D eigenvalue weighted by Crippen LogP contribution is 2.07. The van der Waals surface area contributed by atoms with Crippen LogP contribution in [0.3, 0.4) is 0 Å². The van der Waals surface area contributed by atoms with E-state index < -0.39 is 16.7 Å². The molecule has 0 rings (SSSR count). The molecular weight excluding hydrogens is 254 g/mol. The van der Waals surface area contributed by atoms with Crippen molar-refractivity contribution in [2.45, 2.75) is 38.4 Å². The van der Waals surface area contributed by atoms with Crippen LogP contribution >= 0.6 is 0 Å². The standard InChI is InChI=1S/C11H23N3O3S/c1-4-5-9(10(12)14-16)11(15)13-7-6-8(2)18(3)17/h8-9,16H,4-7H2,1-3H3,(H2,12,14)(H,13,15). The summed E-state index contributed by atoms with van der Waals surface area (Å²) in [6, 6.07) is 0. The lowest BCUT2D eigenvalue weighted by Crippen LogP contribution is -2.39. The number of nitrogens with zero attached hydrogens (tertiary/aromatic N) is 1. The number of carbonyl (C=O) groups excluding carboxylic acids is 1. The quantitative estimate of drug-likeness (QED) is 0.259. The second kappa shape index (κ2) is 8.91. The molecule has 0 aliphatic heterocycles. The summed E-state index contributed by atoms with van der Waals surface area (Å²) >= 11 is 0. The molecule has 0 bridgehead atoms. The summed E-state index contributed by atoms with van der Waals surface area (Å²) in [6.07, 6.45) is 3.59. The van der Waals surface area contributed by atoms with Gasteiger partial charge in [0.2, 0.25) is 5.91 Å². The third-order valence-corrected chi connectivity index (χ3v) is 4.15. The van der Waals surface area contributed by atoms with E-state index in [0.29, 0.717) is 19.4 Å². The first-order valence-corrected chi connectivity index (χ1v) is 7.63. The number of hydrogen-bond donors (Lipinski definition) is 3. The molecular formula is C11H23N3O3S. The highest BCUT2D eigenvalue weighted by Gasteiger charge is 2.22. The van der Waals surface area contributed by atoms with Crippen molar-refractivity contribution in [3.63, 3.8) is 0 Å². The van der Waals surface area contributed by atoms with Crippen molar-refractivity contribution in [1.29, 1.82) is 0 Å². The molecule has 3 atom stereocenters. The molecule has 0 fully saturated rings. The zero-order chi connectivity index (χ0) is 14.1. The SMILES string of the molecule is CCCC(C(=O)NCCC(C)S(C)=O)C(N)=NO. The third-order valence-electron chi connectivity index (χ3n) is 2.78. The number of hydrogen-bond acceptors (Lipinski definition) is 4. The van der Waals surface area contributed by atoms with Gasteiger partial charge < -0.3 is 16.3 Å². The highest BCUT2D eigenvalue weighted by molar-refractivity contribution is 7.84. The van der Waals surface area contributed by atoms with Crippen LogP contribution in [-0.4, -0.2) is 39.2 Å². The molecule has 0 aromatic heterocycles. The number of nitrogens with two attached hydrogens (primary N) is 1. The maximum atomic E-state index is 11.8. The molecule has 0 aliphatic rings. The van der Waals surface area contributed by atoms with Crippen LogP contribution < -0.4 is 11.1 Å². The lowest BCUT2D eigenvalue weighted by atomic mass is 10.0. The number of nitrogens with one attached hydrogen (secondary N) is 1. The summed E-state index contributed by atoms with van der Waals surface area (Å²) in [7, 11) is -0.889. The summed E-state index contributed by atoms with van der Waals surface area (Å²) < 4.78 is 11.1. The summed E-state index contributed by atoms with van der Waals surface area (Å²) in [4.78, 5) is 11.8. The Labute approximate surface area is 110 Å². The minimum absolute atomic E-state index is 0.0405. The van der Waals surface area contributed by atoms with Crippen LogP contribution in [0.4, 0.5) is 0 Å². The maximum absolute atomic E-state index is 11.8. The van der Waals surface area contributed by atoms with Crippen molar-refractivity contribution >= 4 is 22.5 Å². The van der Waals surface area contributed by atoms with Crippen molar-refractivity contribution in [2.75, 3.05) is 12.8 Å². The first kappa shape index (κ1) is 16.9. The molecule has 0 aliphatic carbocycles. The minimum atomic E-state index is -0.889. The van der Waals surface area contributed by atoms with E-state index in [9.17, 15) is 9.00 Å². The van der Waals surface area contributed by atoms with Gasteiger partial charge in [-0.15, -0.1) is 0 Å².